The SMILES string of the molecule is C[C@H](N)c1cccc(F)c1N1CCc2ccc(F)cc21. The fourth-order valence-electron chi connectivity index (χ4n) is 2.77. The molecule has 4 heteroatoms. The van der Waals surface area contributed by atoms with Crippen LogP contribution in [0, 0.1) is 11.6 Å². The highest BCUT2D eigenvalue weighted by atomic mass is 19.1. The molecule has 0 saturated carbocycles. The zero-order valence-corrected chi connectivity index (χ0v) is 11.2. The van der Waals surface area contributed by atoms with Crippen LogP contribution in [-0.4, -0.2) is 6.54 Å². The molecule has 3 rings (SSSR count). The number of hydrogen-bond acceptors (Lipinski definition) is 2. The van der Waals surface area contributed by atoms with E-state index in [-0.39, 0.29) is 17.7 Å². The maximum Gasteiger partial charge on any atom is 0.147 e. The first-order valence-electron chi connectivity index (χ1n) is 6.68. The van der Waals surface area contributed by atoms with Crippen molar-refractivity contribution < 1.29 is 8.78 Å². The Labute approximate surface area is 116 Å². The molecule has 1 aliphatic rings. The van der Waals surface area contributed by atoms with Crippen LogP contribution in [0.3, 0.4) is 0 Å². The predicted octanol–water partition coefficient (Wildman–Crippen LogP) is 3.68. The summed E-state index contributed by atoms with van der Waals surface area (Å²) in [4.78, 5) is 1.83. The van der Waals surface area contributed by atoms with E-state index in [9.17, 15) is 8.78 Å². The molecule has 0 aromatic heterocycles. The van der Waals surface area contributed by atoms with Crippen molar-refractivity contribution in [2.75, 3.05) is 11.4 Å². The van der Waals surface area contributed by atoms with Crippen molar-refractivity contribution in [1.82, 2.24) is 0 Å². The molecule has 20 heavy (non-hydrogen) atoms. The number of nitrogens with two attached hydrogens (primary N) is 1. The van der Waals surface area contributed by atoms with Gasteiger partial charge in [-0.1, -0.05) is 18.2 Å². The van der Waals surface area contributed by atoms with E-state index in [4.69, 9.17) is 5.73 Å². The molecular formula is C16H16F2N2. The highest BCUT2D eigenvalue weighted by Gasteiger charge is 2.26. The van der Waals surface area contributed by atoms with E-state index in [1.54, 1.807) is 12.1 Å². The Balaban J connectivity index is 2.15. The van der Waals surface area contributed by atoms with Crippen LogP contribution in [0.25, 0.3) is 0 Å². The third-order valence-corrected chi connectivity index (χ3v) is 3.72. The fraction of sp³-hybridized carbons (Fsp3) is 0.250. The number of rotatable bonds is 2. The molecule has 0 unspecified atom stereocenters. The lowest BCUT2D eigenvalue weighted by atomic mass is 10.1. The van der Waals surface area contributed by atoms with Gasteiger partial charge in [-0.05, 0) is 42.7 Å². The van der Waals surface area contributed by atoms with E-state index in [1.807, 2.05) is 17.9 Å². The van der Waals surface area contributed by atoms with Gasteiger partial charge in [0, 0.05) is 18.3 Å². The summed E-state index contributed by atoms with van der Waals surface area (Å²) in [5, 5.41) is 0. The lowest BCUT2D eigenvalue weighted by molar-refractivity contribution is 0.618. The summed E-state index contributed by atoms with van der Waals surface area (Å²) in [6.07, 6.45) is 0.780. The molecule has 1 heterocycles. The molecule has 2 aromatic carbocycles. The second-order valence-electron chi connectivity index (χ2n) is 5.14. The molecule has 2 nitrogen and oxygen atoms in total. The fourth-order valence-corrected chi connectivity index (χ4v) is 2.77. The molecule has 0 saturated heterocycles. The Morgan fingerprint density at radius 2 is 2.00 bits per heavy atom. The average Bonchev–Trinajstić information content (AvgIpc) is 2.81. The first kappa shape index (κ1) is 13.1. The number of benzene rings is 2. The highest BCUT2D eigenvalue weighted by molar-refractivity contribution is 5.73. The van der Waals surface area contributed by atoms with Crippen LogP contribution in [0.1, 0.15) is 24.1 Å². The summed E-state index contributed by atoms with van der Waals surface area (Å²) in [6, 6.07) is 9.27. The molecule has 0 spiro atoms. The van der Waals surface area contributed by atoms with Gasteiger partial charge in [0.2, 0.25) is 0 Å². The number of anilines is 2. The standard InChI is InChI=1S/C16H16F2N2/c1-10(19)13-3-2-4-14(18)16(13)20-8-7-11-5-6-12(17)9-15(11)20/h2-6,9-10H,7-8,19H2,1H3/t10-/m0/s1. The van der Waals surface area contributed by atoms with Crippen LogP contribution in [0.15, 0.2) is 36.4 Å². The van der Waals surface area contributed by atoms with Gasteiger partial charge in [-0.25, -0.2) is 8.78 Å². The minimum Gasteiger partial charge on any atom is -0.338 e. The van der Waals surface area contributed by atoms with Crippen LogP contribution in [0.4, 0.5) is 20.2 Å². The van der Waals surface area contributed by atoms with Crippen molar-refractivity contribution in [3.05, 3.63) is 59.2 Å². The normalized spacial score (nSPS) is 15.3. The van der Waals surface area contributed by atoms with Gasteiger partial charge in [0.25, 0.3) is 0 Å². The number of para-hydroxylation sites is 1. The Morgan fingerprint density at radius 3 is 2.75 bits per heavy atom. The summed E-state index contributed by atoms with van der Waals surface area (Å²) < 4.78 is 27.7. The van der Waals surface area contributed by atoms with E-state index in [0.29, 0.717) is 12.2 Å². The molecule has 0 aliphatic carbocycles. The van der Waals surface area contributed by atoms with Crippen LogP contribution in [-0.2, 0) is 6.42 Å². The summed E-state index contributed by atoms with van der Waals surface area (Å²) >= 11 is 0. The van der Waals surface area contributed by atoms with Gasteiger partial charge in [-0.2, -0.15) is 0 Å². The van der Waals surface area contributed by atoms with Gasteiger partial charge in [0.15, 0.2) is 0 Å². The lowest BCUT2D eigenvalue weighted by Crippen LogP contribution is -2.19. The molecule has 1 atom stereocenters. The topological polar surface area (TPSA) is 29.3 Å². The Kier molecular flexibility index (Phi) is 3.18. The van der Waals surface area contributed by atoms with Gasteiger partial charge in [0.1, 0.15) is 11.6 Å². The Morgan fingerprint density at radius 1 is 1.20 bits per heavy atom. The quantitative estimate of drug-likeness (QED) is 0.905. The molecule has 0 fully saturated rings. The molecule has 0 amide bonds. The summed E-state index contributed by atoms with van der Waals surface area (Å²) in [5.74, 6) is -0.633. The van der Waals surface area contributed by atoms with E-state index >= 15 is 0 Å². The molecule has 2 aromatic rings. The third kappa shape index (κ3) is 2.06. The first-order chi connectivity index (χ1) is 9.58. The summed E-state index contributed by atoms with van der Waals surface area (Å²) in [6.45, 7) is 2.46. The number of hydrogen-bond donors (Lipinski definition) is 1. The molecule has 0 bridgehead atoms. The van der Waals surface area contributed by atoms with Crippen molar-refractivity contribution in [2.45, 2.75) is 19.4 Å². The van der Waals surface area contributed by atoms with Crippen molar-refractivity contribution in [2.24, 2.45) is 5.73 Å². The first-order valence-corrected chi connectivity index (χ1v) is 6.68. The van der Waals surface area contributed by atoms with Gasteiger partial charge in [-0.3, -0.25) is 0 Å². The summed E-state index contributed by atoms with van der Waals surface area (Å²) in [5.41, 5.74) is 8.90. The molecular weight excluding hydrogens is 258 g/mol. The van der Waals surface area contributed by atoms with Gasteiger partial charge < -0.3 is 10.6 Å². The molecule has 1 aliphatic heterocycles. The van der Waals surface area contributed by atoms with Gasteiger partial charge in [0.05, 0.1) is 5.69 Å². The third-order valence-electron chi connectivity index (χ3n) is 3.72. The number of halogens is 2. The van der Waals surface area contributed by atoms with Crippen molar-refractivity contribution >= 4 is 11.4 Å². The molecule has 2 N–H and O–H groups in total. The zero-order valence-electron chi connectivity index (χ0n) is 11.2. The van der Waals surface area contributed by atoms with Gasteiger partial charge in [-0.15, -0.1) is 0 Å². The second-order valence-corrected chi connectivity index (χ2v) is 5.14. The average molecular weight is 274 g/mol. The Bertz CT molecular complexity index is 653. The predicted molar refractivity (Wildman–Crippen MR) is 76.1 cm³/mol. The van der Waals surface area contributed by atoms with Gasteiger partial charge >= 0.3 is 0 Å². The Hall–Kier alpha value is -1.94. The maximum atomic E-state index is 14.3. The van der Waals surface area contributed by atoms with Crippen LogP contribution in [0.5, 0.6) is 0 Å². The minimum absolute atomic E-state index is 0.279. The number of fused-ring (bicyclic) bond motifs is 1. The second kappa shape index (κ2) is 4.87. The van der Waals surface area contributed by atoms with Crippen molar-refractivity contribution in [3.63, 3.8) is 0 Å². The number of nitrogens with zero attached hydrogens (tertiary/aromatic N) is 1. The lowest BCUT2D eigenvalue weighted by Gasteiger charge is -2.24. The molecule has 104 valence electrons. The maximum absolute atomic E-state index is 14.3. The monoisotopic (exact) mass is 274 g/mol. The zero-order chi connectivity index (χ0) is 14.3. The van der Waals surface area contributed by atoms with E-state index in [2.05, 4.69) is 0 Å². The van der Waals surface area contributed by atoms with Crippen LogP contribution >= 0.6 is 0 Å². The van der Waals surface area contributed by atoms with Crippen LogP contribution < -0.4 is 10.6 Å². The van der Waals surface area contributed by atoms with Crippen LogP contribution in [0.2, 0.25) is 0 Å². The van der Waals surface area contributed by atoms with E-state index in [0.717, 1.165) is 23.2 Å². The largest absolute Gasteiger partial charge is 0.338 e. The van der Waals surface area contributed by atoms with E-state index < -0.39 is 0 Å². The smallest absolute Gasteiger partial charge is 0.147 e. The minimum atomic E-state index is -0.322. The van der Waals surface area contributed by atoms with Crippen molar-refractivity contribution in [1.29, 1.82) is 0 Å². The highest BCUT2D eigenvalue weighted by Crippen LogP contribution is 2.39. The molecule has 0 radical (unpaired) electrons. The van der Waals surface area contributed by atoms with Crippen molar-refractivity contribution in [3.8, 4) is 0 Å². The summed E-state index contributed by atoms with van der Waals surface area (Å²) in [7, 11) is 0. The van der Waals surface area contributed by atoms with E-state index in [1.165, 1.54) is 18.2 Å².